The van der Waals surface area contributed by atoms with Gasteiger partial charge in [0.2, 0.25) is 5.95 Å². The van der Waals surface area contributed by atoms with Crippen LogP contribution in [0.5, 0.6) is 6.01 Å². The summed E-state index contributed by atoms with van der Waals surface area (Å²) < 4.78 is 12.1. The van der Waals surface area contributed by atoms with Crippen LogP contribution in [0.4, 0.5) is 5.95 Å². The van der Waals surface area contributed by atoms with Gasteiger partial charge in [0, 0.05) is 25.7 Å². The van der Waals surface area contributed by atoms with E-state index in [1.807, 2.05) is 35.2 Å². The van der Waals surface area contributed by atoms with Crippen LogP contribution in [0.3, 0.4) is 0 Å². The van der Waals surface area contributed by atoms with Gasteiger partial charge in [-0.2, -0.15) is 20.1 Å². The zero-order valence-corrected chi connectivity index (χ0v) is 16.9. The molecule has 1 amide bonds. The van der Waals surface area contributed by atoms with Gasteiger partial charge in [0.1, 0.15) is 5.69 Å². The molecule has 0 spiro atoms. The van der Waals surface area contributed by atoms with E-state index in [0.717, 1.165) is 11.3 Å². The summed E-state index contributed by atoms with van der Waals surface area (Å²) in [6, 6.07) is 11.7. The Morgan fingerprint density at radius 1 is 1.17 bits per heavy atom. The summed E-state index contributed by atoms with van der Waals surface area (Å²) in [7, 11) is 3.24. The molecule has 0 saturated carbocycles. The number of rotatable bonds is 6. The zero-order chi connectivity index (χ0) is 20.9. The third-order valence-electron chi connectivity index (χ3n) is 4.71. The molecular formula is C20H23N7O3. The minimum atomic E-state index is -0.264. The van der Waals surface area contributed by atoms with Crippen molar-refractivity contribution >= 4 is 11.9 Å². The number of anilines is 1. The second-order valence-electron chi connectivity index (χ2n) is 6.72. The third-order valence-corrected chi connectivity index (χ3v) is 4.71. The van der Waals surface area contributed by atoms with Crippen molar-refractivity contribution < 1.29 is 14.3 Å². The topological polar surface area (TPSA) is 107 Å². The fourth-order valence-corrected chi connectivity index (χ4v) is 3.14. The number of benzene rings is 1. The van der Waals surface area contributed by atoms with Crippen LogP contribution in [0.25, 0.3) is 11.3 Å². The Kier molecular flexibility index (Phi) is 5.84. The van der Waals surface area contributed by atoms with Crippen LogP contribution in [0.15, 0.2) is 36.4 Å². The van der Waals surface area contributed by atoms with E-state index < -0.39 is 0 Å². The number of methoxy groups -OCH3 is 1. The molecule has 10 heteroatoms. The van der Waals surface area contributed by atoms with Gasteiger partial charge in [-0.1, -0.05) is 30.3 Å². The number of aromatic nitrogens is 5. The van der Waals surface area contributed by atoms with E-state index in [1.54, 1.807) is 17.8 Å². The van der Waals surface area contributed by atoms with Crippen LogP contribution >= 0.6 is 0 Å². The molecule has 0 radical (unpaired) electrons. The van der Waals surface area contributed by atoms with Gasteiger partial charge in [-0.3, -0.25) is 9.48 Å². The minimum Gasteiger partial charge on any atom is -0.467 e. The van der Waals surface area contributed by atoms with Gasteiger partial charge in [-0.25, -0.2) is 0 Å². The first-order chi connectivity index (χ1) is 14.6. The summed E-state index contributed by atoms with van der Waals surface area (Å²) in [5, 5.41) is 7.29. The molecular weight excluding hydrogens is 386 g/mol. The van der Waals surface area contributed by atoms with Crippen LogP contribution in [0.1, 0.15) is 16.3 Å². The Balaban J connectivity index is 1.48. The van der Waals surface area contributed by atoms with Crippen molar-refractivity contribution in [3.05, 3.63) is 47.9 Å². The average Bonchev–Trinajstić information content (AvgIpc) is 3.20. The molecule has 156 valence electrons. The predicted molar refractivity (Wildman–Crippen MR) is 109 cm³/mol. The highest BCUT2D eigenvalue weighted by Gasteiger charge is 2.18. The summed E-state index contributed by atoms with van der Waals surface area (Å²) >= 11 is 0. The van der Waals surface area contributed by atoms with Gasteiger partial charge in [0.05, 0.1) is 32.6 Å². The van der Waals surface area contributed by atoms with E-state index in [9.17, 15) is 4.79 Å². The van der Waals surface area contributed by atoms with Crippen molar-refractivity contribution in [1.29, 1.82) is 0 Å². The smallest absolute Gasteiger partial charge is 0.321 e. The molecule has 1 fully saturated rings. The lowest BCUT2D eigenvalue weighted by molar-refractivity contribution is 0.0940. The molecule has 0 atom stereocenters. The summed E-state index contributed by atoms with van der Waals surface area (Å²) in [4.78, 5) is 27.8. The summed E-state index contributed by atoms with van der Waals surface area (Å²) in [5.41, 5.74) is 2.13. The van der Waals surface area contributed by atoms with Crippen molar-refractivity contribution in [1.82, 2.24) is 30.0 Å². The number of aryl methyl sites for hydroxylation is 1. The number of carbonyl (C=O) groups excluding carboxylic acids is 1. The molecule has 2 aromatic heterocycles. The number of amides is 1. The molecule has 0 aliphatic carbocycles. The summed E-state index contributed by atoms with van der Waals surface area (Å²) in [6.07, 6.45) is 0. The number of nitrogens with one attached hydrogen (secondary N) is 1. The second-order valence-corrected chi connectivity index (χ2v) is 6.72. The SMILES string of the molecule is COc1nc(CNC(=O)c2cc(-c3ccccc3)nn2C)nc(N2CCOCC2)n1. The average molecular weight is 409 g/mol. The lowest BCUT2D eigenvalue weighted by atomic mass is 10.1. The molecule has 0 bridgehead atoms. The van der Waals surface area contributed by atoms with E-state index >= 15 is 0 Å². The van der Waals surface area contributed by atoms with Gasteiger partial charge in [-0.15, -0.1) is 0 Å². The monoisotopic (exact) mass is 409 g/mol. The number of morpholine rings is 1. The van der Waals surface area contributed by atoms with Gasteiger partial charge in [0.15, 0.2) is 5.82 Å². The van der Waals surface area contributed by atoms with Crippen molar-refractivity contribution in [2.75, 3.05) is 38.3 Å². The molecule has 3 heterocycles. The van der Waals surface area contributed by atoms with E-state index in [4.69, 9.17) is 9.47 Å². The maximum atomic E-state index is 12.7. The molecule has 1 N–H and O–H groups in total. The Bertz CT molecular complexity index is 1020. The minimum absolute atomic E-state index is 0.140. The first-order valence-electron chi connectivity index (χ1n) is 9.63. The number of hydrogen-bond donors (Lipinski definition) is 1. The lowest BCUT2D eigenvalue weighted by Crippen LogP contribution is -2.37. The lowest BCUT2D eigenvalue weighted by Gasteiger charge is -2.26. The first-order valence-corrected chi connectivity index (χ1v) is 9.63. The van der Waals surface area contributed by atoms with Crippen molar-refractivity contribution in [2.24, 2.45) is 7.05 Å². The largest absolute Gasteiger partial charge is 0.467 e. The Morgan fingerprint density at radius 2 is 1.93 bits per heavy atom. The molecule has 1 saturated heterocycles. The van der Waals surface area contributed by atoms with Gasteiger partial charge in [0.25, 0.3) is 5.91 Å². The van der Waals surface area contributed by atoms with Crippen LogP contribution in [0, 0.1) is 0 Å². The van der Waals surface area contributed by atoms with Crippen LogP contribution in [0.2, 0.25) is 0 Å². The highest BCUT2D eigenvalue weighted by molar-refractivity contribution is 5.93. The van der Waals surface area contributed by atoms with Gasteiger partial charge < -0.3 is 19.7 Å². The molecule has 3 aromatic rings. The number of ether oxygens (including phenoxy) is 2. The molecule has 0 unspecified atom stereocenters. The van der Waals surface area contributed by atoms with Crippen LogP contribution < -0.4 is 15.0 Å². The molecule has 1 aromatic carbocycles. The Morgan fingerprint density at radius 3 is 2.67 bits per heavy atom. The summed E-state index contributed by atoms with van der Waals surface area (Å²) in [6.45, 7) is 2.75. The fraction of sp³-hybridized carbons (Fsp3) is 0.350. The highest BCUT2D eigenvalue weighted by Crippen LogP contribution is 2.18. The normalized spacial score (nSPS) is 13.9. The standard InChI is InChI=1S/C20H23N7O3/c1-26-16(12-15(25-26)14-6-4-3-5-7-14)18(28)21-13-17-22-19(24-20(23-17)29-2)27-8-10-30-11-9-27/h3-7,12H,8-11,13H2,1-2H3,(H,21,28). The van der Waals surface area contributed by atoms with Crippen LogP contribution in [-0.2, 0) is 18.3 Å². The fourth-order valence-electron chi connectivity index (χ4n) is 3.14. The number of hydrogen-bond acceptors (Lipinski definition) is 8. The molecule has 4 rings (SSSR count). The van der Waals surface area contributed by atoms with E-state index in [-0.39, 0.29) is 18.5 Å². The van der Waals surface area contributed by atoms with Crippen LogP contribution in [-0.4, -0.2) is 64.1 Å². The number of nitrogens with zero attached hydrogens (tertiary/aromatic N) is 6. The zero-order valence-electron chi connectivity index (χ0n) is 16.9. The first kappa shape index (κ1) is 19.8. The molecule has 30 heavy (non-hydrogen) atoms. The van der Waals surface area contributed by atoms with E-state index in [1.165, 1.54) is 7.11 Å². The van der Waals surface area contributed by atoms with Crippen molar-refractivity contribution in [2.45, 2.75) is 6.54 Å². The third kappa shape index (κ3) is 4.38. The molecule has 1 aliphatic rings. The summed E-state index contributed by atoms with van der Waals surface area (Å²) in [5.74, 6) is 0.669. The van der Waals surface area contributed by atoms with Crippen molar-refractivity contribution in [3.8, 4) is 17.3 Å². The maximum Gasteiger partial charge on any atom is 0.321 e. The molecule has 1 aliphatic heterocycles. The van der Waals surface area contributed by atoms with E-state index in [0.29, 0.717) is 43.8 Å². The second kappa shape index (κ2) is 8.87. The van der Waals surface area contributed by atoms with E-state index in [2.05, 4.69) is 25.4 Å². The van der Waals surface area contributed by atoms with Crippen molar-refractivity contribution in [3.63, 3.8) is 0 Å². The highest BCUT2D eigenvalue weighted by atomic mass is 16.5. The van der Waals surface area contributed by atoms with Gasteiger partial charge >= 0.3 is 6.01 Å². The number of carbonyl (C=O) groups is 1. The van der Waals surface area contributed by atoms with Gasteiger partial charge in [-0.05, 0) is 6.07 Å². The Hall–Kier alpha value is -3.53. The maximum absolute atomic E-state index is 12.7. The predicted octanol–water partition coefficient (Wildman–Crippen LogP) is 1.05. The molecule has 10 nitrogen and oxygen atoms in total. The quantitative estimate of drug-likeness (QED) is 0.644. The Labute approximate surface area is 173 Å².